The molecule has 0 spiro atoms. The van der Waals surface area contributed by atoms with Gasteiger partial charge in [0, 0.05) is 25.5 Å². The van der Waals surface area contributed by atoms with E-state index in [-0.39, 0.29) is 5.91 Å². The van der Waals surface area contributed by atoms with Gasteiger partial charge in [-0.05, 0) is 44.0 Å². The lowest BCUT2D eigenvalue weighted by atomic mass is 9.97. The zero-order chi connectivity index (χ0) is 12.8. The maximum absolute atomic E-state index is 12.1. The first-order valence-corrected chi connectivity index (χ1v) is 6.60. The van der Waals surface area contributed by atoms with E-state index in [1.54, 1.807) is 6.20 Å². The van der Waals surface area contributed by atoms with Gasteiger partial charge in [0.05, 0.1) is 6.42 Å². The Morgan fingerprint density at radius 1 is 1.44 bits per heavy atom. The van der Waals surface area contributed by atoms with Crippen LogP contribution in [0.15, 0.2) is 24.4 Å². The molecule has 0 unspecified atom stereocenters. The van der Waals surface area contributed by atoms with Crippen LogP contribution in [0.2, 0.25) is 0 Å². The van der Waals surface area contributed by atoms with Gasteiger partial charge >= 0.3 is 0 Å². The Bertz CT molecular complexity index is 374. The molecule has 1 saturated heterocycles. The monoisotopic (exact) mass is 247 g/mol. The molecule has 0 atom stereocenters. The number of nitrogens with one attached hydrogen (secondary N) is 1. The molecule has 2 rings (SSSR count). The SMILES string of the molecule is CN(CC1CCNCC1)C(=O)Cc1ccccn1. The third-order valence-electron chi connectivity index (χ3n) is 3.48. The summed E-state index contributed by atoms with van der Waals surface area (Å²) in [7, 11) is 1.90. The highest BCUT2D eigenvalue weighted by atomic mass is 16.2. The van der Waals surface area contributed by atoms with Crippen LogP contribution in [0.5, 0.6) is 0 Å². The minimum Gasteiger partial charge on any atom is -0.345 e. The highest BCUT2D eigenvalue weighted by molar-refractivity contribution is 5.78. The van der Waals surface area contributed by atoms with Crippen LogP contribution in [-0.4, -0.2) is 42.5 Å². The highest BCUT2D eigenvalue weighted by Crippen LogP contribution is 2.13. The van der Waals surface area contributed by atoms with E-state index in [9.17, 15) is 4.79 Å². The molecule has 2 heterocycles. The van der Waals surface area contributed by atoms with E-state index in [2.05, 4.69) is 10.3 Å². The zero-order valence-electron chi connectivity index (χ0n) is 10.9. The standard InChI is InChI=1S/C14H21N3O/c1-17(11-12-5-8-15-9-6-12)14(18)10-13-4-2-3-7-16-13/h2-4,7,12,15H,5-6,8-11H2,1H3. The fraction of sp³-hybridized carbons (Fsp3) is 0.571. The summed E-state index contributed by atoms with van der Waals surface area (Å²) in [5.74, 6) is 0.802. The van der Waals surface area contributed by atoms with Gasteiger partial charge < -0.3 is 10.2 Å². The van der Waals surface area contributed by atoms with Gasteiger partial charge in [-0.25, -0.2) is 0 Å². The first kappa shape index (κ1) is 13.0. The Morgan fingerprint density at radius 2 is 2.22 bits per heavy atom. The molecular formula is C14H21N3O. The fourth-order valence-electron chi connectivity index (χ4n) is 2.35. The number of likely N-dealkylation sites (N-methyl/N-ethyl adjacent to an activating group) is 1. The lowest BCUT2D eigenvalue weighted by molar-refractivity contribution is -0.129. The van der Waals surface area contributed by atoms with E-state index >= 15 is 0 Å². The third-order valence-corrected chi connectivity index (χ3v) is 3.48. The van der Waals surface area contributed by atoms with Crippen molar-refractivity contribution in [3.63, 3.8) is 0 Å². The van der Waals surface area contributed by atoms with E-state index < -0.39 is 0 Å². The minimum atomic E-state index is 0.159. The van der Waals surface area contributed by atoms with Gasteiger partial charge in [-0.1, -0.05) is 6.07 Å². The predicted molar refractivity (Wildman–Crippen MR) is 71.2 cm³/mol. The van der Waals surface area contributed by atoms with Gasteiger partial charge in [0.1, 0.15) is 0 Å². The number of nitrogens with zero attached hydrogens (tertiary/aromatic N) is 2. The van der Waals surface area contributed by atoms with Crippen LogP contribution >= 0.6 is 0 Å². The number of carbonyl (C=O) groups excluding carboxylic acids is 1. The lowest BCUT2D eigenvalue weighted by Gasteiger charge is -2.27. The van der Waals surface area contributed by atoms with Crippen molar-refractivity contribution >= 4 is 5.91 Å². The molecule has 0 aliphatic carbocycles. The van der Waals surface area contributed by atoms with E-state index in [0.29, 0.717) is 12.3 Å². The van der Waals surface area contributed by atoms with E-state index in [1.807, 2.05) is 30.1 Å². The molecule has 0 bridgehead atoms. The normalized spacial score (nSPS) is 16.5. The summed E-state index contributed by atoms with van der Waals surface area (Å²) < 4.78 is 0. The summed E-state index contributed by atoms with van der Waals surface area (Å²) in [5, 5.41) is 3.34. The minimum absolute atomic E-state index is 0.159. The summed E-state index contributed by atoms with van der Waals surface area (Å²) in [6.07, 6.45) is 4.47. The number of piperidine rings is 1. The van der Waals surface area contributed by atoms with Crippen LogP contribution in [0.25, 0.3) is 0 Å². The molecule has 1 aromatic heterocycles. The molecule has 1 N–H and O–H groups in total. The second kappa shape index (κ2) is 6.50. The second-order valence-electron chi connectivity index (χ2n) is 4.97. The van der Waals surface area contributed by atoms with Gasteiger partial charge in [-0.2, -0.15) is 0 Å². The smallest absolute Gasteiger partial charge is 0.228 e. The first-order valence-electron chi connectivity index (χ1n) is 6.60. The van der Waals surface area contributed by atoms with E-state index in [0.717, 1.165) is 25.3 Å². The first-order chi connectivity index (χ1) is 8.75. The number of hydrogen-bond donors (Lipinski definition) is 1. The molecule has 1 aliphatic heterocycles. The summed E-state index contributed by atoms with van der Waals surface area (Å²) in [6, 6.07) is 5.69. The van der Waals surface area contributed by atoms with Crippen LogP contribution in [0.1, 0.15) is 18.5 Å². The van der Waals surface area contributed by atoms with Gasteiger partial charge in [-0.3, -0.25) is 9.78 Å². The molecule has 98 valence electrons. The van der Waals surface area contributed by atoms with Crippen molar-refractivity contribution in [1.29, 1.82) is 0 Å². The fourth-order valence-corrected chi connectivity index (χ4v) is 2.35. The average molecular weight is 247 g/mol. The van der Waals surface area contributed by atoms with Crippen LogP contribution in [0.3, 0.4) is 0 Å². The number of pyridine rings is 1. The van der Waals surface area contributed by atoms with E-state index in [4.69, 9.17) is 0 Å². The molecule has 1 aromatic rings. The van der Waals surface area contributed by atoms with Gasteiger partial charge in [0.2, 0.25) is 5.91 Å². The predicted octanol–water partition coefficient (Wildman–Crippen LogP) is 1.08. The molecule has 18 heavy (non-hydrogen) atoms. The molecule has 4 heteroatoms. The summed E-state index contributed by atoms with van der Waals surface area (Å²) in [6.45, 7) is 3.02. The summed E-state index contributed by atoms with van der Waals surface area (Å²) in [5.41, 5.74) is 0.847. The molecular weight excluding hydrogens is 226 g/mol. The summed E-state index contributed by atoms with van der Waals surface area (Å²) >= 11 is 0. The van der Waals surface area contributed by atoms with Crippen LogP contribution < -0.4 is 5.32 Å². The number of hydrogen-bond acceptors (Lipinski definition) is 3. The second-order valence-corrected chi connectivity index (χ2v) is 4.97. The van der Waals surface area contributed by atoms with Crippen molar-refractivity contribution in [3.05, 3.63) is 30.1 Å². The lowest BCUT2D eigenvalue weighted by Crippen LogP contribution is -2.37. The zero-order valence-corrected chi connectivity index (χ0v) is 10.9. The maximum Gasteiger partial charge on any atom is 0.228 e. The Morgan fingerprint density at radius 3 is 2.89 bits per heavy atom. The van der Waals surface area contributed by atoms with Crippen molar-refractivity contribution < 1.29 is 4.79 Å². The third kappa shape index (κ3) is 3.81. The Hall–Kier alpha value is -1.42. The van der Waals surface area contributed by atoms with Gasteiger partial charge in [0.25, 0.3) is 0 Å². The largest absolute Gasteiger partial charge is 0.345 e. The summed E-state index contributed by atoms with van der Waals surface area (Å²) in [4.78, 5) is 18.1. The van der Waals surface area contributed by atoms with Crippen molar-refractivity contribution in [2.24, 2.45) is 5.92 Å². The quantitative estimate of drug-likeness (QED) is 0.866. The van der Waals surface area contributed by atoms with Crippen molar-refractivity contribution in [2.45, 2.75) is 19.3 Å². The maximum atomic E-state index is 12.1. The topological polar surface area (TPSA) is 45.2 Å². The van der Waals surface area contributed by atoms with Crippen LogP contribution in [0, 0.1) is 5.92 Å². The number of rotatable bonds is 4. The molecule has 0 aromatic carbocycles. The molecule has 0 radical (unpaired) electrons. The Balaban J connectivity index is 1.81. The highest BCUT2D eigenvalue weighted by Gasteiger charge is 2.18. The number of aromatic nitrogens is 1. The molecule has 1 amide bonds. The average Bonchev–Trinajstić information content (AvgIpc) is 2.41. The number of carbonyl (C=O) groups is 1. The van der Waals surface area contributed by atoms with Crippen molar-refractivity contribution in [2.75, 3.05) is 26.7 Å². The Kier molecular flexibility index (Phi) is 4.70. The van der Waals surface area contributed by atoms with Crippen molar-refractivity contribution in [1.82, 2.24) is 15.2 Å². The molecule has 1 fully saturated rings. The van der Waals surface area contributed by atoms with Crippen LogP contribution in [-0.2, 0) is 11.2 Å². The molecule has 1 aliphatic rings. The van der Waals surface area contributed by atoms with Crippen LogP contribution in [0.4, 0.5) is 0 Å². The van der Waals surface area contributed by atoms with Gasteiger partial charge in [0.15, 0.2) is 0 Å². The molecule has 0 saturated carbocycles. The van der Waals surface area contributed by atoms with E-state index in [1.165, 1.54) is 12.8 Å². The van der Waals surface area contributed by atoms with Crippen molar-refractivity contribution in [3.8, 4) is 0 Å². The van der Waals surface area contributed by atoms with Gasteiger partial charge in [-0.15, -0.1) is 0 Å². The number of amides is 1. The Labute approximate surface area is 108 Å². The molecule has 4 nitrogen and oxygen atoms in total.